The zero-order valence-corrected chi connectivity index (χ0v) is 11.7. The van der Waals surface area contributed by atoms with E-state index in [1.807, 2.05) is 36.4 Å². The van der Waals surface area contributed by atoms with Gasteiger partial charge in [-0.3, -0.25) is 14.9 Å². The first-order valence-corrected chi connectivity index (χ1v) is 5.99. The Morgan fingerprint density at radius 1 is 1.00 bits per heavy atom. The molecule has 108 valence electrons. The average Bonchev–Trinajstić information content (AvgIpc) is 2.52. The molecule has 0 saturated carbocycles. The van der Waals surface area contributed by atoms with Gasteiger partial charge in [-0.1, -0.05) is 74.9 Å². The molecule has 21 heavy (non-hydrogen) atoms. The van der Waals surface area contributed by atoms with Crippen LogP contribution in [0.2, 0.25) is 0 Å². The van der Waals surface area contributed by atoms with Gasteiger partial charge in [-0.25, -0.2) is 0 Å². The van der Waals surface area contributed by atoms with Crippen molar-refractivity contribution in [3.63, 3.8) is 0 Å². The van der Waals surface area contributed by atoms with E-state index in [1.165, 1.54) is 17.7 Å². The number of benzene rings is 1. The summed E-state index contributed by atoms with van der Waals surface area (Å²) in [5.74, 6) is -0.750. The highest BCUT2D eigenvalue weighted by molar-refractivity contribution is 6.02. The lowest BCUT2D eigenvalue weighted by Crippen LogP contribution is -2.10. The second-order valence-electron chi connectivity index (χ2n) is 3.65. The van der Waals surface area contributed by atoms with Gasteiger partial charge < -0.3 is 0 Å². The first-order valence-electron chi connectivity index (χ1n) is 5.99. The molecule has 4 heteroatoms. The third kappa shape index (κ3) is 6.11. The largest absolute Gasteiger partial charge is 0.323 e. The second-order valence-corrected chi connectivity index (χ2v) is 3.65. The number of hydrogen-bond donors (Lipinski definition) is 0. The van der Waals surface area contributed by atoms with Crippen molar-refractivity contribution >= 4 is 11.9 Å². The second kappa shape index (κ2) is 9.86. The standard InChI is InChI=1S/C9H9NO3.C8H8/c1-4-7(5-2)9(10(12)13)8(11)6-3;1-2-8-6-4-3-5-7-8/h4-6H,1-3H2;2-7H,1H2. The van der Waals surface area contributed by atoms with Gasteiger partial charge in [0.05, 0.1) is 10.5 Å². The van der Waals surface area contributed by atoms with Crippen molar-refractivity contribution in [3.05, 3.63) is 102 Å². The molecule has 0 fully saturated rings. The smallest absolute Gasteiger partial charge is 0.282 e. The van der Waals surface area contributed by atoms with E-state index in [4.69, 9.17) is 0 Å². The lowest BCUT2D eigenvalue weighted by atomic mass is 10.1. The number of nitrogens with zero attached hydrogens (tertiary/aromatic N) is 1. The van der Waals surface area contributed by atoms with Gasteiger partial charge in [0, 0.05) is 0 Å². The number of carbonyl (C=O) groups excluding carboxylic acids is 1. The Balaban J connectivity index is 0.000000423. The van der Waals surface area contributed by atoms with E-state index in [0.29, 0.717) is 0 Å². The lowest BCUT2D eigenvalue weighted by Gasteiger charge is -1.95. The number of carbonyl (C=O) groups is 1. The van der Waals surface area contributed by atoms with Crippen LogP contribution in [0.5, 0.6) is 0 Å². The molecule has 0 bridgehead atoms. The van der Waals surface area contributed by atoms with Gasteiger partial charge in [-0.15, -0.1) is 0 Å². The number of hydrogen-bond acceptors (Lipinski definition) is 3. The monoisotopic (exact) mass is 283 g/mol. The molecule has 0 aliphatic rings. The van der Waals surface area contributed by atoms with Gasteiger partial charge in [0.2, 0.25) is 0 Å². The van der Waals surface area contributed by atoms with E-state index in [0.717, 1.165) is 6.08 Å². The van der Waals surface area contributed by atoms with E-state index >= 15 is 0 Å². The fourth-order valence-electron chi connectivity index (χ4n) is 1.30. The third-order valence-corrected chi connectivity index (χ3v) is 2.35. The topological polar surface area (TPSA) is 60.2 Å². The van der Waals surface area contributed by atoms with Crippen LogP contribution in [-0.2, 0) is 4.79 Å². The molecule has 0 aliphatic heterocycles. The molecule has 0 aliphatic carbocycles. The molecule has 1 rings (SSSR count). The predicted octanol–water partition coefficient (Wildman–Crippen LogP) is 3.97. The summed E-state index contributed by atoms with van der Waals surface area (Å²) < 4.78 is 0. The quantitative estimate of drug-likeness (QED) is 0.343. The van der Waals surface area contributed by atoms with Gasteiger partial charge in [-0.05, 0) is 11.6 Å². The van der Waals surface area contributed by atoms with Crippen LogP contribution in [0, 0.1) is 10.1 Å². The van der Waals surface area contributed by atoms with E-state index in [1.54, 1.807) is 0 Å². The summed E-state index contributed by atoms with van der Waals surface area (Å²) in [5, 5.41) is 10.4. The molecule has 1 aromatic carbocycles. The van der Waals surface area contributed by atoms with E-state index in [2.05, 4.69) is 26.3 Å². The van der Waals surface area contributed by atoms with Gasteiger partial charge in [0.25, 0.3) is 5.78 Å². The van der Waals surface area contributed by atoms with Crippen LogP contribution in [0.25, 0.3) is 6.08 Å². The fourth-order valence-corrected chi connectivity index (χ4v) is 1.30. The zero-order valence-electron chi connectivity index (χ0n) is 11.7. The van der Waals surface area contributed by atoms with E-state index in [9.17, 15) is 14.9 Å². The van der Waals surface area contributed by atoms with Gasteiger partial charge >= 0.3 is 5.70 Å². The van der Waals surface area contributed by atoms with Crippen LogP contribution in [0.15, 0.2) is 86.1 Å². The summed E-state index contributed by atoms with van der Waals surface area (Å²) in [6, 6.07) is 10.0. The van der Waals surface area contributed by atoms with Crippen molar-refractivity contribution < 1.29 is 9.72 Å². The highest BCUT2D eigenvalue weighted by Gasteiger charge is 2.21. The van der Waals surface area contributed by atoms with Crippen LogP contribution in [0.3, 0.4) is 0 Å². The molecular weight excluding hydrogens is 266 g/mol. The molecule has 0 saturated heterocycles. The van der Waals surface area contributed by atoms with E-state index in [-0.39, 0.29) is 5.57 Å². The number of rotatable bonds is 6. The summed E-state index contributed by atoms with van der Waals surface area (Å²) in [4.78, 5) is 20.7. The van der Waals surface area contributed by atoms with Crippen LogP contribution in [0.1, 0.15) is 5.56 Å². The van der Waals surface area contributed by atoms with Crippen molar-refractivity contribution in [2.45, 2.75) is 0 Å². The third-order valence-electron chi connectivity index (χ3n) is 2.35. The van der Waals surface area contributed by atoms with Crippen LogP contribution in [-0.4, -0.2) is 10.7 Å². The van der Waals surface area contributed by atoms with Crippen LogP contribution < -0.4 is 0 Å². The molecule has 0 amide bonds. The highest BCUT2D eigenvalue weighted by atomic mass is 16.6. The highest BCUT2D eigenvalue weighted by Crippen LogP contribution is 2.09. The maximum atomic E-state index is 11.0. The van der Waals surface area contributed by atoms with Gasteiger partial charge in [0.1, 0.15) is 0 Å². The minimum atomic E-state index is -0.775. The van der Waals surface area contributed by atoms with E-state index < -0.39 is 16.4 Å². The molecule has 0 heterocycles. The van der Waals surface area contributed by atoms with Crippen LogP contribution >= 0.6 is 0 Å². The molecule has 1 aromatic rings. The normalized spacial score (nSPS) is 8.38. The van der Waals surface area contributed by atoms with Gasteiger partial charge in [-0.2, -0.15) is 0 Å². The lowest BCUT2D eigenvalue weighted by molar-refractivity contribution is -0.419. The summed E-state index contributed by atoms with van der Waals surface area (Å²) in [5.41, 5.74) is 0.711. The SMILES string of the molecule is C=CC(=O)C(=C(C=C)C=C)[N+](=O)[O-].C=Cc1ccccc1. The van der Waals surface area contributed by atoms with Crippen molar-refractivity contribution in [1.29, 1.82) is 0 Å². The number of nitro groups is 1. The minimum Gasteiger partial charge on any atom is -0.282 e. The van der Waals surface area contributed by atoms with Crippen molar-refractivity contribution in [2.75, 3.05) is 0 Å². The van der Waals surface area contributed by atoms with Crippen LogP contribution in [0.4, 0.5) is 0 Å². The molecule has 0 atom stereocenters. The Kier molecular flexibility index (Phi) is 8.45. The summed E-state index contributed by atoms with van der Waals surface area (Å²) in [7, 11) is 0. The Morgan fingerprint density at radius 2 is 1.52 bits per heavy atom. The molecule has 4 nitrogen and oxygen atoms in total. The Hall–Kier alpha value is -3.01. The molecule has 0 radical (unpaired) electrons. The minimum absolute atomic E-state index is 0.0925. The van der Waals surface area contributed by atoms with Crippen molar-refractivity contribution in [1.82, 2.24) is 0 Å². The molecule has 0 N–H and O–H groups in total. The van der Waals surface area contributed by atoms with Crippen molar-refractivity contribution in [2.24, 2.45) is 0 Å². The number of allylic oxidation sites excluding steroid dienone is 4. The summed E-state index contributed by atoms with van der Waals surface area (Å²) in [6.07, 6.45) is 5.12. The summed E-state index contributed by atoms with van der Waals surface area (Å²) >= 11 is 0. The Morgan fingerprint density at radius 3 is 1.81 bits per heavy atom. The van der Waals surface area contributed by atoms with Gasteiger partial charge in [0.15, 0.2) is 0 Å². The summed E-state index contributed by atoms with van der Waals surface area (Å²) in [6.45, 7) is 13.5. The number of ketones is 1. The molecule has 0 aromatic heterocycles. The zero-order chi connectivity index (χ0) is 16.3. The maximum Gasteiger partial charge on any atom is 0.323 e. The Bertz CT molecular complexity index is 573. The molecule has 0 spiro atoms. The first-order chi connectivity index (χ1) is 10.0. The van der Waals surface area contributed by atoms with Crippen molar-refractivity contribution in [3.8, 4) is 0 Å². The molecular formula is C17H17NO3. The molecule has 0 unspecified atom stereocenters. The maximum absolute atomic E-state index is 11.0. The predicted molar refractivity (Wildman–Crippen MR) is 86.2 cm³/mol. The fraction of sp³-hybridized carbons (Fsp3) is 0. The Labute approximate surface area is 124 Å². The average molecular weight is 283 g/mol. The first kappa shape index (κ1) is 18.0.